The number of hydrogen-bond donors (Lipinski definition) is 1. The first-order valence-electron chi connectivity index (χ1n) is 7.92. The molecule has 1 N–H and O–H groups in total. The lowest BCUT2D eigenvalue weighted by molar-refractivity contribution is 0.208. The summed E-state index contributed by atoms with van der Waals surface area (Å²) in [5.41, 5.74) is 3.11. The number of nitrogens with one attached hydrogen (secondary N) is 1. The number of carbonyl (C=O) groups excluding carboxylic acids is 1. The van der Waals surface area contributed by atoms with E-state index in [-0.39, 0.29) is 6.03 Å². The fraction of sp³-hybridized carbons (Fsp3) is 0.333. The number of benzene rings is 1. The summed E-state index contributed by atoms with van der Waals surface area (Å²) in [5.74, 6) is 0.974. The summed E-state index contributed by atoms with van der Waals surface area (Å²) in [7, 11) is 0. The van der Waals surface area contributed by atoms with Gasteiger partial charge in [-0.2, -0.15) is 0 Å². The van der Waals surface area contributed by atoms with Crippen LogP contribution in [0.5, 0.6) is 0 Å². The number of carbonyl (C=O) groups is 1. The van der Waals surface area contributed by atoms with Crippen LogP contribution in [0.3, 0.4) is 0 Å². The summed E-state index contributed by atoms with van der Waals surface area (Å²) < 4.78 is 0. The average molecular weight is 310 g/mol. The topological polar surface area (TPSA) is 48.5 Å². The van der Waals surface area contributed by atoms with Gasteiger partial charge >= 0.3 is 6.03 Å². The van der Waals surface area contributed by atoms with Crippen LogP contribution in [-0.4, -0.2) is 42.1 Å². The Morgan fingerprint density at radius 1 is 1.09 bits per heavy atom. The van der Waals surface area contributed by atoms with E-state index in [4.69, 9.17) is 0 Å². The summed E-state index contributed by atoms with van der Waals surface area (Å²) in [6, 6.07) is 12.0. The normalized spacial score (nSPS) is 14.7. The number of amides is 2. The Morgan fingerprint density at radius 3 is 2.57 bits per heavy atom. The molecule has 5 nitrogen and oxygen atoms in total. The Hall–Kier alpha value is -2.56. The van der Waals surface area contributed by atoms with Gasteiger partial charge in [0.15, 0.2) is 0 Å². The molecule has 0 unspecified atom stereocenters. The molecule has 1 saturated heterocycles. The Kier molecular flexibility index (Phi) is 4.46. The van der Waals surface area contributed by atoms with E-state index in [1.165, 1.54) is 0 Å². The minimum absolute atomic E-state index is 0.0284. The molecule has 5 heteroatoms. The average Bonchev–Trinajstić information content (AvgIpc) is 2.59. The largest absolute Gasteiger partial charge is 0.353 e. The Labute approximate surface area is 136 Å². The molecule has 23 heavy (non-hydrogen) atoms. The Bertz CT molecular complexity index is 679. The van der Waals surface area contributed by atoms with Crippen LogP contribution in [0, 0.1) is 13.8 Å². The van der Waals surface area contributed by atoms with Gasteiger partial charge in [0.2, 0.25) is 0 Å². The van der Waals surface area contributed by atoms with Crippen molar-refractivity contribution in [3.8, 4) is 0 Å². The number of nitrogens with zero attached hydrogens (tertiary/aromatic N) is 3. The first-order valence-corrected chi connectivity index (χ1v) is 7.92. The van der Waals surface area contributed by atoms with Crippen LogP contribution in [-0.2, 0) is 0 Å². The number of urea groups is 1. The summed E-state index contributed by atoms with van der Waals surface area (Å²) in [4.78, 5) is 20.9. The van der Waals surface area contributed by atoms with Crippen LogP contribution < -0.4 is 10.2 Å². The molecule has 1 aromatic carbocycles. The lowest BCUT2D eigenvalue weighted by Crippen LogP contribution is -2.50. The van der Waals surface area contributed by atoms with Gasteiger partial charge in [-0.25, -0.2) is 9.78 Å². The smallest absolute Gasteiger partial charge is 0.321 e. The van der Waals surface area contributed by atoms with E-state index in [9.17, 15) is 4.79 Å². The van der Waals surface area contributed by atoms with Crippen LogP contribution >= 0.6 is 0 Å². The monoisotopic (exact) mass is 310 g/mol. The zero-order valence-electron chi connectivity index (χ0n) is 13.6. The molecular weight excluding hydrogens is 288 g/mol. The predicted molar refractivity (Wildman–Crippen MR) is 93.0 cm³/mol. The number of piperazine rings is 1. The number of pyridine rings is 1. The van der Waals surface area contributed by atoms with E-state index >= 15 is 0 Å². The van der Waals surface area contributed by atoms with Crippen molar-refractivity contribution < 1.29 is 4.79 Å². The predicted octanol–water partition coefficient (Wildman–Crippen LogP) is 3.05. The molecule has 2 amide bonds. The van der Waals surface area contributed by atoms with E-state index < -0.39 is 0 Å². The SMILES string of the molecule is Cc1ccc(C)c(NC(=O)N2CCN(c3ccccn3)CC2)c1. The summed E-state index contributed by atoms with van der Waals surface area (Å²) in [6.45, 7) is 7.05. The molecule has 0 bridgehead atoms. The van der Waals surface area contributed by atoms with E-state index in [1.54, 1.807) is 6.20 Å². The molecule has 1 aliphatic heterocycles. The van der Waals surface area contributed by atoms with Crippen molar-refractivity contribution >= 4 is 17.5 Å². The molecule has 2 heterocycles. The van der Waals surface area contributed by atoms with Gasteiger partial charge in [-0.3, -0.25) is 0 Å². The third-order valence-electron chi connectivity index (χ3n) is 4.17. The van der Waals surface area contributed by atoms with Crippen molar-refractivity contribution in [2.24, 2.45) is 0 Å². The second kappa shape index (κ2) is 6.69. The van der Waals surface area contributed by atoms with Crippen molar-refractivity contribution in [2.75, 3.05) is 36.4 Å². The molecule has 0 radical (unpaired) electrons. The standard InChI is InChI=1S/C18H22N4O/c1-14-6-7-15(2)16(13-14)20-18(23)22-11-9-21(10-12-22)17-5-3-4-8-19-17/h3-8,13H,9-12H2,1-2H3,(H,20,23). The highest BCUT2D eigenvalue weighted by Crippen LogP contribution is 2.18. The number of anilines is 2. The van der Waals surface area contributed by atoms with Gasteiger partial charge in [0.05, 0.1) is 0 Å². The third kappa shape index (κ3) is 3.62. The van der Waals surface area contributed by atoms with Gasteiger partial charge in [0.1, 0.15) is 5.82 Å². The van der Waals surface area contributed by atoms with Crippen LogP contribution in [0.1, 0.15) is 11.1 Å². The maximum Gasteiger partial charge on any atom is 0.321 e. The Morgan fingerprint density at radius 2 is 1.87 bits per heavy atom. The first-order chi connectivity index (χ1) is 11.1. The van der Waals surface area contributed by atoms with Crippen LogP contribution in [0.15, 0.2) is 42.6 Å². The molecule has 0 atom stereocenters. The highest BCUT2D eigenvalue weighted by atomic mass is 16.2. The molecule has 1 aliphatic rings. The van der Waals surface area contributed by atoms with Crippen molar-refractivity contribution in [1.29, 1.82) is 0 Å². The fourth-order valence-corrected chi connectivity index (χ4v) is 2.74. The Balaban J connectivity index is 1.59. The minimum atomic E-state index is -0.0284. The van der Waals surface area contributed by atoms with E-state index in [0.29, 0.717) is 13.1 Å². The highest BCUT2D eigenvalue weighted by Gasteiger charge is 2.22. The van der Waals surface area contributed by atoms with E-state index in [1.807, 2.05) is 49.1 Å². The van der Waals surface area contributed by atoms with Gasteiger partial charge in [-0.05, 0) is 43.2 Å². The zero-order chi connectivity index (χ0) is 16.2. The summed E-state index contributed by atoms with van der Waals surface area (Å²) in [5, 5.41) is 3.03. The molecule has 1 aromatic heterocycles. The molecule has 0 spiro atoms. The number of aryl methyl sites for hydroxylation is 2. The number of rotatable bonds is 2. The molecule has 120 valence electrons. The third-order valence-corrected chi connectivity index (χ3v) is 4.17. The molecule has 1 fully saturated rings. The summed E-state index contributed by atoms with van der Waals surface area (Å²) >= 11 is 0. The first kappa shape index (κ1) is 15.3. The zero-order valence-corrected chi connectivity index (χ0v) is 13.6. The van der Waals surface area contributed by atoms with Crippen LogP contribution in [0.25, 0.3) is 0 Å². The molecule has 0 aliphatic carbocycles. The maximum absolute atomic E-state index is 12.5. The quantitative estimate of drug-likeness (QED) is 0.927. The van der Waals surface area contributed by atoms with Crippen molar-refractivity contribution in [1.82, 2.24) is 9.88 Å². The summed E-state index contributed by atoms with van der Waals surface area (Å²) in [6.07, 6.45) is 1.80. The number of aromatic nitrogens is 1. The molecule has 2 aromatic rings. The molecule has 3 rings (SSSR count). The van der Waals surface area contributed by atoms with Gasteiger partial charge in [-0.15, -0.1) is 0 Å². The van der Waals surface area contributed by atoms with Gasteiger partial charge < -0.3 is 15.1 Å². The van der Waals surface area contributed by atoms with Crippen LogP contribution in [0.2, 0.25) is 0 Å². The van der Waals surface area contributed by atoms with Gasteiger partial charge in [0, 0.05) is 38.1 Å². The lowest BCUT2D eigenvalue weighted by atomic mass is 10.1. The second-order valence-corrected chi connectivity index (χ2v) is 5.91. The van der Waals surface area contributed by atoms with E-state index in [0.717, 1.165) is 35.7 Å². The second-order valence-electron chi connectivity index (χ2n) is 5.91. The van der Waals surface area contributed by atoms with Gasteiger partial charge in [0.25, 0.3) is 0 Å². The van der Waals surface area contributed by atoms with Crippen LogP contribution in [0.4, 0.5) is 16.3 Å². The van der Waals surface area contributed by atoms with E-state index in [2.05, 4.69) is 21.3 Å². The minimum Gasteiger partial charge on any atom is -0.353 e. The highest BCUT2D eigenvalue weighted by molar-refractivity contribution is 5.90. The molecule has 0 saturated carbocycles. The van der Waals surface area contributed by atoms with Crippen molar-refractivity contribution in [3.63, 3.8) is 0 Å². The lowest BCUT2D eigenvalue weighted by Gasteiger charge is -2.35. The van der Waals surface area contributed by atoms with Crippen molar-refractivity contribution in [3.05, 3.63) is 53.7 Å². The number of hydrogen-bond acceptors (Lipinski definition) is 3. The maximum atomic E-state index is 12.5. The fourth-order valence-electron chi connectivity index (χ4n) is 2.74. The molecular formula is C18H22N4O. The van der Waals surface area contributed by atoms with Crippen molar-refractivity contribution in [2.45, 2.75) is 13.8 Å². The van der Waals surface area contributed by atoms with Gasteiger partial charge in [-0.1, -0.05) is 18.2 Å².